The van der Waals surface area contributed by atoms with Crippen molar-refractivity contribution in [3.05, 3.63) is 87.7 Å². The predicted molar refractivity (Wildman–Crippen MR) is 131 cm³/mol. The molecule has 0 saturated carbocycles. The van der Waals surface area contributed by atoms with E-state index >= 15 is 0 Å². The van der Waals surface area contributed by atoms with Crippen LogP contribution < -0.4 is 10.6 Å². The van der Waals surface area contributed by atoms with Crippen molar-refractivity contribution in [1.82, 2.24) is 20.4 Å². The number of hydrogen-bond donors (Lipinski definition) is 2. The molecule has 0 amide bonds. The predicted octanol–water partition coefficient (Wildman–Crippen LogP) is 4.68. The first-order valence-electron chi connectivity index (χ1n) is 9.32. The quantitative estimate of drug-likeness (QED) is 0.280. The molecule has 1 heterocycles. The van der Waals surface area contributed by atoms with E-state index in [1.54, 1.807) is 7.05 Å². The average molecular weight is 524 g/mol. The summed E-state index contributed by atoms with van der Waals surface area (Å²) in [4.78, 5) is 4.31. The molecule has 0 atom stereocenters. The van der Waals surface area contributed by atoms with Gasteiger partial charge in [-0.05, 0) is 37.1 Å². The molecule has 7 heteroatoms. The van der Waals surface area contributed by atoms with Crippen LogP contribution in [0.15, 0.2) is 59.6 Å². The van der Waals surface area contributed by atoms with Crippen molar-refractivity contribution < 1.29 is 0 Å². The Morgan fingerprint density at radius 1 is 0.966 bits per heavy atom. The molecular formula is C22H27ClIN5. The lowest BCUT2D eigenvalue weighted by Crippen LogP contribution is -2.36. The maximum absolute atomic E-state index is 5.94. The largest absolute Gasteiger partial charge is 0.352 e. The van der Waals surface area contributed by atoms with Gasteiger partial charge in [0.1, 0.15) is 0 Å². The Morgan fingerprint density at radius 2 is 1.62 bits per heavy atom. The van der Waals surface area contributed by atoms with Crippen LogP contribution in [0.4, 0.5) is 0 Å². The summed E-state index contributed by atoms with van der Waals surface area (Å²) in [6.07, 6.45) is 0. The van der Waals surface area contributed by atoms with E-state index in [9.17, 15) is 0 Å². The highest BCUT2D eigenvalue weighted by atomic mass is 127. The number of nitrogens with zero attached hydrogens (tertiary/aromatic N) is 3. The molecule has 0 unspecified atom stereocenters. The van der Waals surface area contributed by atoms with E-state index in [4.69, 9.17) is 16.7 Å². The molecule has 0 aliphatic heterocycles. The van der Waals surface area contributed by atoms with Gasteiger partial charge in [0.05, 0.1) is 12.2 Å². The lowest BCUT2D eigenvalue weighted by molar-refractivity contribution is 0.657. The van der Waals surface area contributed by atoms with Crippen LogP contribution in [0.25, 0.3) is 0 Å². The van der Waals surface area contributed by atoms with Crippen molar-refractivity contribution in [3.8, 4) is 0 Å². The summed E-state index contributed by atoms with van der Waals surface area (Å²) in [7, 11) is 1.77. The molecular weight excluding hydrogens is 497 g/mol. The van der Waals surface area contributed by atoms with Gasteiger partial charge in [0.15, 0.2) is 5.96 Å². The first-order valence-corrected chi connectivity index (χ1v) is 9.70. The summed E-state index contributed by atoms with van der Waals surface area (Å²) >= 11 is 5.94. The van der Waals surface area contributed by atoms with Gasteiger partial charge in [0.2, 0.25) is 0 Å². The highest BCUT2D eigenvalue weighted by Crippen LogP contribution is 2.15. The van der Waals surface area contributed by atoms with Gasteiger partial charge >= 0.3 is 0 Å². The zero-order valence-electron chi connectivity index (χ0n) is 16.9. The van der Waals surface area contributed by atoms with Gasteiger partial charge in [-0.3, -0.25) is 9.67 Å². The number of rotatable bonds is 6. The van der Waals surface area contributed by atoms with Crippen LogP contribution in [-0.2, 0) is 19.6 Å². The van der Waals surface area contributed by atoms with Crippen LogP contribution in [0.5, 0.6) is 0 Å². The number of aromatic nitrogens is 2. The maximum atomic E-state index is 5.94. The number of hydrogen-bond acceptors (Lipinski definition) is 2. The fraction of sp³-hybridized carbons (Fsp3) is 0.273. The summed E-state index contributed by atoms with van der Waals surface area (Å²) in [5.74, 6) is 0.754. The van der Waals surface area contributed by atoms with Gasteiger partial charge in [-0.1, -0.05) is 54.1 Å². The first-order chi connectivity index (χ1) is 13.6. The van der Waals surface area contributed by atoms with Crippen molar-refractivity contribution in [2.45, 2.75) is 33.5 Å². The lowest BCUT2D eigenvalue weighted by Gasteiger charge is -2.12. The van der Waals surface area contributed by atoms with Crippen LogP contribution in [-0.4, -0.2) is 22.8 Å². The van der Waals surface area contributed by atoms with Crippen molar-refractivity contribution in [2.24, 2.45) is 4.99 Å². The molecule has 3 aromatic rings. The highest BCUT2D eigenvalue weighted by molar-refractivity contribution is 14.0. The topological polar surface area (TPSA) is 54.2 Å². The molecule has 0 spiro atoms. The zero-order chi connectivity index (χ0) is 19.9. The van der Waals surface area contributed by atoms with E-state index in [0.29, 0.717) is 13.1 Å². The SMILES string of the molecule is CN=C(NCc1ccc(Cl)cc1)NCc1c(C)nn(Cc2ccccc2)c1C.I. The summed E-state index contributed by atoms with van der Waals surface area (Å²) in [6.45, 7) is 6.30. The Morgan fingerprint density at radius 3 is 2.28 bits per heavy atom. The number of halogens is 2. The van der Waals surface area contributed by atoms with Crippen molar-refractivity contribution in [1.29, 1.82) is 0 Å². The van der Waals surface area contributed by atoms with E-state index in [1.807, 2.05) is 30.3 Å². The molecule has 3 rings (SSSR count). The van der Waals surface area contributed by atoms with Crippen LogP contribution >= 0.6 is 35.6 Å². The summed E-state index contributed by atoms with van der Waals surface area (Å²) in [6, 6.07) is 18.2. The second-order valence-corrected chi connectivity index (χ2v) is 7.13. The molecule has 1 aromatic heterocycles. The molecule has 0 fully saturated rings. The average Bonchev–Trinajstić information content (AvgIpc) is 2.97. The summed E-state index contributed by atoms with van der Waals surface area (Å²) in [5, 5.41) is 12.2. The Hall–Kier alpha value is -2.06. The van der Waals surface area contributed by atoms with Crippen LogP contribution in [0.2, 0.25) is 5.02 Å². The van der Waals surface area contributed by atoms with Gasteiger partial charge in [-0.15, -0.1) is 24.0 Å². The van der Waals surface area contributed by atoms with Gasteiger partial charge < -0.3 is 10.6 Å². The van der Waals surface area contributed by atoms with Gasteiger partial charge in [0.25, 0.3) is 0 Å². The van der Waals surface area contributed by atoms with Crippen molar-refractivity contribution in [2.75, 3.05) is 7.05 Å². The fourth-order valence-electron chi connectivity index (χ4n) is 3.08. The molecule has 0 radical (unpaired) electrons. The monoisotopic (exact) mass is 523 g/mol. The number of benzene rings is 2. The van der Waals surface area contributed by atoms with Gasteiger partial charge in [-0.25, -0.2) is 0 Å². The second-order valence-electron chi connectivity index (χ2n) is 6.70. The third kappa shape index (κ3) is 6.47. The van der Waals surface area contributed by atoms with E-state index in [-0.39, 0.29) is 24.0 Å². The molecule has 0 aliphatic rings. The molecule has 0 saturated heterocycles. The number of nitrogens with one attached hydrogen (secondary N) is 2. The van der Waals surface area contributed by atoms with E-state index in [0.717, 1.165) is 28.8 Å². The van der Waals surface area contributed by atoms with Crippen molar-refractivity contribution >= 4 is 41.5 Å². The van der Waals surface area contributed by atoms with Crippen LogP contribution in [0, 0.1) is 13.8 Å². The Labute approximate surface area is 194 Å². The lowest BCUT2D eigenvalue weighted by atomic mass is 10.2. The first kappa shape index (κ1) is 23.2. The Balaban J connectivity index is 0.00000300. The summed E-state index contributed by atoms with van der Waals surface area (Å²) < 4.78 is 2.06. The minimum Gasteiger partial charge on any atom is -0.352 e. The maximum Gasteiger partial charge on any atom is 0.191 e. The molecule has 29 heavy (non-hydrogen) atoms. The number of guanidine groups is 1. The Bertz CT molecular complexity index is 936. The standard InChI is InChI=1S/C22H26ClN5.HI/c1-16-21(17(2)28(27-16)15-19-7-5-4-6-8-19)14-26-22(24-3)25-13-18-9-11-20(23)12-10-18;/h4-12H,13-15H2,1-3H3,(H2,24,25,26);1H. The minimum atomic E-state index is 0. The number of aryl methyl sites for hydroxylation is 1. The smallest absolute Gasteiger partial charge is 0.191 e. The van der Waals surface area contributed by atoms with Gasteiger partial charge in [0, 0.05) is 36.4 Å². The van der Waals surface area contributed by atoms with Crippen LogP contribution in [0.3, 0.4) is 0 Å². The Kier molecular flexibility index (Phi) is 8.98. The molecule has 2 N–H and O–H groups in total. The van der Waals surface area contributed by atoms with Crippen LogP contribution in [0.1, 0.15) is 28.1 Å². The molecule has 5 nitrogen and oxygen atoms in total. The molecule has 0 aliphatic carbocycles. The molecule has 0 bridgehead atoms. The van der Waals surface area contributed by atoms with E-state index < -0.39 is 0 Å². The normalized spacial score (nSPS) is 11.1. The van der Waals surface area contributed by atoms with Crippen molar-refractivity contribution in [3.63, 3.8) is 0 Å². The van der Waals surface area contributed by atoms with Gasteiger partial charge in [-0.2, -0.15) is 5.10 Å². The second kappa shape index (κ2) is 11.2. The molecule has 2 aromatic carbocycles. The minimum absolute atomic E-state index is 0. The zero-order valence-corrected chi connectivity index (χ0v) is 20.0. The number of aliphatic imine (C=N–C) groups is 1. The highest BCUT2D eigenvalue weighted by Gasteiger charge is 2.12. The summed E-state index contributed by atoms with van der Waals surface area (Å²) in [5.41, 5.74) is 5.80. The van der Waals surface area contributed by atoms with E-state index in [1.165, 1.54) is 16.8 Å². The fourth-order valence-corrected chi connectivity index (χ4v) is 3.21. The molecule has 154 valence electrons. The third-order valence-corrected chi connectivity index (χ3v) is 4.99. The van der Waals surface area contributed by atoms with E-state index in [2.05, 4.69) is 58.4 Å². The third-order valence-electron chi connectivity index (χ3n) is 4.74.